The molecule has 5 atom stereocenters. The molecular weight excluding hydrogens is 196 g/mol. The molecule has 1 heterocycles. The molecule has 1 heteroatoms. The summed E-state index contributed by atoms with van der Waals surface area (Å²) in [7, 11) is 0. The average Bonchev–Trinajstić information content (AvgIpc) is 2.83. The van der Waals surface area contributed by atoms with Crippen LogP contribution >= 0.6 is 0 Å². The van der Waals surface area contributed by atoms with Gasteiger partial charge in [0.2, 0.25) is 0 Å². The van der Waals surface area contributed by atoms with Crippen LogP contribution in [0.5, 0.6) is 0 Å². The molecule has 90 valence electrons. The van der Waals surface area contributed by atoms with Gasteiger partial charge in [-0.3, -0.25) is 0 Å². The number of rotatable bonds is 0. The molecule has 0 radical (unpaired) electrons. The van der Waals surface area contributed by atoms with Crippen LogP contribution in [0.4, 0.5) is 0 Å². The zero-order chi connectivity index (χ0) is 11.5. The van der Waals surface area contributed by atoms with Crippen LogP contribution in [0.2, 0.25) is 0 Å². The number of fused-ring (bicyclic) bond motifs is 3. The highest BCUT2D eigenvalue weighted by Gasteiger charge is 2.66. The van der Waals surface area contributed by atoms with E-state index in [-0.39, 0.29) is 5.60 Å². The standard InChI is InChI=1S/C15H24O/c1-9(2)11-6-5-10(3)12-8-14-15(4,16-14)13(12)7-11/h10,12-14H,5-8H2,1-4H3. The predicted molar refractivity (Wildman–Crippen MR) is 66.3 cm³/mol. The number of hydrogen-bond acceptors (Lipinski definition) is 1. The Kier molecular flexibility index (Phi) is 2.27. The van der Waals surface area contributed by atoms with Crippen molar-refractivity contribution in [2.45, 2.75) is 65.1 Å². The highest BCUT2D eigenvalue weighted by Crippen LogP contribution is 2.61. The maximum absolute atomic E-state index is 5.92. The van der Waals surface area contributed by atoms with Crippen molar-refractivity contribution >= 4 is 0 Å². The minimum Gasteiger partial charge on any atom is -0.366 e. The topological polar surface area (TPSA) is 12.5 Å². The van der Waals surface area contributed by atoms with Gasteiger partial charge in [0.25, 0.3) is 0 Å². The summed E-state index contributed by atoms with van der Waals surface area (Å²) >= 11 is 0. The van der Waals surface area contributed by atoms with E-state index in [1.807, 2.05) is 0 Å². The van der Waals surface area contributed by atoms with E-state index in [2.05, 4.69) is 27.7 Å². The number of ether oxygens (including phenoxy) is 1. The second kappa shape index (κ2) is 3.35. The van der Waals surface area contributed by atoms with Crippen molar-refractivity contribution in [2.75, 3.05) is 0 Å². The second-order valence-corrected chi connectivity index (χ2v) is 6.62. The minimum absolute atomic E-state index is 0.254. The van der Waals surface area contributed by atoms with Crippen molar-refractivity contribution < 1.29 is 4.74 Å². The first kappa shape index (κ1) is 10.8. The molecule has 0 aromatic heterocycles. The molecule has 5 unspecified atom stereocenters. The number of allylic oxidation sites excluding steroid dienone is 2. The first-order valence-corrected chi connectivity index (χ1v) is 6.85. The summed E-state index contributed by atoms with van der Waals surface area (Å²) in [5.74, 6) is 2.63. The van der Waals surface area contributed by atoms with Gasteiger partial charge in [0.05, 0.1) is 11.7 Å². The van der Waals surface area contributed by atoms with Crippen LogP contribution in [0.1, 0.15) is 53.4 Å². The molecule has 0 N–H and O–H groups in total. The Hall–Kier alpha value is -0.300. The molecule has 3 rings (SSSR count). The Morgan fingerprint density at radius 1 is 1.38 bits per heavy atom. The van der Waals surface area contributed by atoms with Crippen LogP contribution in [-0.2, 0) is 4.74 Å². The van der Waals surface area contributed by atoms with E-state index in [1.165, 1.54) is 25.7 Å². The third kappa shape index (κ3) is 1.40. The van der Waals surface area contributed by atoms with Gasteiger partial charge in [0.1, 0.15) is 0 Å². The molecular formula is C15H24O. The maximum atomic E-state index is 5.92. The summed E-state index contributed by atoms with van der Waals surface area (Å²) in [4.78, 5) is 0. The summed E-state index contributed by atoms with van der Waals surface area (Å²) in [6.07, 6.45) is 5.96. The molecule has 1 nitrogen and oxygen atoms in total. The van der Waals surface area contributed by atoms with Gasteiger partial charge in [0.15, 0.2) is 0 Å². The lowest BCUT2D eigenvalue weighted by atomic mass is 9.79. The van der Waals surface area contributed by atoms with Crippen LogP contribution in [0.15, 0.2) is 11.1 Å². The summed E-state index contributed by atoms with van der Waals surface area (Å²) < 4.78 is 5.92. The zero-order valence-corrected chi connectivity index (χ0v) is 11.0. The van der Waals surface area contributed by atoms with E-state index < -0.39 is 0 Å². The summed E-state index contributed by atoms with van der Waals surface area (Å²) in [5.41, 5.74) is 3.53. The molecule has 3 aliphatic rings. The monoisotopic (exact) mass is 220 g/mol. The van der Waals surface area contributed by atoms with Crippen molar-refractivity contribution in [3.8, 4) is 0 Å². The van der Waals surface area contributed by atoms with Gasteiger partial charge in [-0.2, -0.15) is 0 Å². The molecule has 0 spiro atoms. The first-order chi connectivity index (χ1) is 7.52. The van der Waals surface area contributed by atoms with Gasteiger partial charge in [-0.1, -0.05) is 18.1 Å². The van der Waals surface area contributed by atoms with Gasteiger partial charge in [-0.05, 0) is 64.2 Å². The fourth-order valence-corrected chi connectivity index (χ4v) is 4.14. The van der Waals surface area contributed by atoms with Crippen molar-refractivity contribution in [1.82, 2.24) is 0 Å². The first-order valence-electron chi connectivity index (χ1n) is 6.85. The molecule has 2 saturated carbocycles. The molecule has 3 fully saturated rings. The maximum Gasteiger partial charge on any atom is 0.0954 e. The number of epoxide rings is 1. The van der Waals surface area contributed by atoms with Gasteiger partial charge in [0, 0.05) is 0 Å². The zero-order valence-electron chi connectivity index (χ0n) is 11.0. The van der Waals surface area contributed by atoms with E-state index in [0.717, 1.165) is 17.8 Å². The normalized spacial score (nSPS) is 50.6. The summed E-state index contributed by atoms with van der Waals surface area (Å²) in [6, 6.07) is 0. The Labute approximate surface area is 99.3 Å². The van der Waals surface area contributed by atoms with Gasteiger partial charge >= 0.3 is 0 Å². The second-order valence-electron chi connectivity index (χ2n) is 6.62. The molecule has 1 saturated heterocycles. The summed E-state index contributed by atoms with van der Waals surface area (Å²) in [6.45, 7) is 9.37. The van der Waals surface area contributed by atoms with Crippen LogP contribution < -0.4 is 0 Å². The van der Waals surface area contributed by atoms with Gasteiger partial charge in [-0.25, -0.2) is 0 Å². The minimum atomic E-state index is 0.254. The number of hydrogen-bond donors (Lipinski definition) is 0. The third-order valence-corrected chi connectivity index (χ3v) is 5.52. The van der Waals surface area contributed by atoms with Crippen LogP contribution in [0, 0.1) is 17.8 Å². The lowest BCUT2D eigenvalue weighted by Crippen LogP contribution is -2.26. The largest absolute Gasteiger partial charge is 0.366 e. The molecule has 16 heavy (non-hydrogen) atoms. The lowest BCUT2D eigenvalue weighted by Gasteiger charge is -2.27. The van der Waals surface area contributed by atoms with E-state index in [1.54, 1.807) is 11.1 Å². The highest BCUT2D eigenvalue weighted by molar-refractivity contribution is 5.21. The molecule has 0 bridgehead atoms. The van der Waals surface area contributed by atoms with Crippen molar-refractivity contribution in [3.05, 3.63) is 11.1 Å². The van der Waals surface area contributed by atoms with Gasteiger partial charge < -0.3 is 4.74 Å². The van der Waals surface area contributed by atoms with Gasteiger partial charge in [-0.15, -0.1) is 0 Å². The molecule has 0 aromatic rings. The molecule has 0 aromatic carbocycles. The molecule has 2 aliphatic carbocycles. The van der Waals surface area contributed by atoms with Crippen molar-refractivity contribution in [2.24, 2.45) is 17.8 Å². The van der Waals surface area contributed by atoms with E-state index in [0.29, 0.717) is 6.10 Å². The van der Waals surface area contributed by atoms with Crippen molar-refractivity contribution in [3.63, 3.8) is 0 Å². The molecule has 1 aliphatic heterocycles. The highest BCUT2D eigenvalue weighted by atomic mass is 16.6. The SMILES string of the molecule is CC(C)=C1CCC(C)C2CC3OC3(C)C2C1. The van der Waals surface area contributed by atoms with E-state index in [4.69, 9.17) is 4.74 Å². The Balaban J connectivity index is 1.90. The third-order valence-electron chi connectivity index (χ3n) is 5.52. The average molecular weight is 220 g/mol. The Bertz CT molecular complexity index is 339. The van der Waals surface area contributed by atoms with Crippen LogP contribution in [0.3, 0.4) is 0 Å². The lowest BCUT2D eigenvalue weighted by molar-refractivity contribution is 0.119. The predicted octanol–water partition coefficient (Wildman–Crippen LogP) is 3.94. The summed E-state index contributed by atoms with van der Waals surface area (Å²) in [5, 5.41) is 0. The molecule has 0 amide bonds. The fraction of sp³-hybridized carbons (Fsp3) is 0.867. The van der Waals surface area contributed by atoms with Crippen LogP contribution in [0.25, 0.3) is 0 Å². The fourth-order valence-electron chi connectivity index (χ4n) is 4.14. The Morgan fingerprint density at radius 2 is 2.12 bits per heavy atom. The quantitative estimate of drug-likeness (QED) is 0.445. The van der Waals surface area contributed by atoms with E-state index >= 15 is 0 Å². The van der Waals surface area contributed by atoms with Crippen molar-refractivity contribution in [1.29, 1.82) is 0 Å². The smallest absolute Gasteiger partial charge is 0.0954 e. The Morgan fingerprint density at radius 3 is 2.81 bits per heavy atom. The van der Waals surface area contributed by atoms with Crippen LogP contribution in [-0.4, -0.2) is 11.7 Å². The van der Waals surface area contributed by atoms with E-state index in [9.17, 15) is 0 Å².